The Labute approximate surface area is 167 Å². The molecule has 2 heterocycles. The second kappa shape index (κ2) is 8.91. The Balaban J connectivity index is 1.80. The van der Waals surface area contributed by atoms with Crippen molar-refractivity contribution in [2.24, 2.45) is 0 Å². The van der Waals surface area contributed by atoms with Crippen LogP contribution in [0, 0.1) is 0 Å². The van der Waals surface area contributed by atoms with E-state index in [1.807, 2.05) is 6.07 Å². The first-order chi connectivity index (χ1) is 13.9. The van der Waals surface area contributed by atoms with Gasteiger partial charge >= 0.3 is 12.1 Å². The van der Waals surface area contributed by atoms with E-state index in [4.69, 9.17) is 9.84 Å². The predicted octanol–water partition coefficient (Wildman–Crippen LogP) is 0.821. The third-order valence-electron chi connectivity index (χ3n) is 5.03. The van der Waals surface area contributed by atoms with Crippen molar-refractivity contribution in [2.75, 3.05) is 6.54 Å². The summed E-state index contributed by atoms with van der Waals surface area (Å²) >= 11 is 0. The third kappa shape index (κ3) is 4.83. The first-order valence-electron chi connectivity index (χ1n) is 9.42. The molecule has 0 aliphatic carbocycles. The molecule has 2 fully saturated rings. The maximum atomic E-state index is 13.1. The molecule has 2 amide bonds. The number of amides is 2. The van der Waals surface area contributed by atoms with E-state index < -0.39 is 36.3 Å². The van der Waals surface area contributed by atoms with Crippen molar-refractivity contribution in [1.29, 1.82) is 0 Å². The van der Waals surface area contributed by atoms with Crippen molar-refractivity contribution in [3.63, 3.8) is 0 Å². The Morgan fingerprint density at radius 1 is 1.17 bits per heavy atom. The smallest absolute Gasteiger partial charge is 0.480 e. The summed E-state index contributed by atoms with van der Waals surface area (Å²) in [6.45, 7) is 0.281. The number of fused-ring (bicyclic) bond motifs is 1. The van der Waals surface area contributed by atoms with Gasteiger partial charge in [0.05, 0.1) is 6.04 Å². The number of hydrogen-bond acceptors (Lipinski definition) is 6. The molecule has 0 aromatic heterocycles. The number of rotatable bonds is 6. The van der Waals surface area contributed by atoms with E-state index in [9.17, 15) is 24.3 Å². The van der Waals surface area contributed by atoms with Gasteiger partial charge in [0.2, 0.25) is 5.91 Å². The van der Waals surface area contributed by atoms with E-state index in [2.05, 4.69) is 5.32 Å². The van der Waals surface area contributed by atoms with Gasteiger partial charge in [0.1, 0.15) is 6.04 Å². The fourth-order valence-electron chi connectivity index (χ4n) is 3.68. The second-order valence-electron chi connectivity index (χ2n) is 7.02. The first kappa shape index (κ1) is 20.6. The summed E-state index contributed by atoms with van der Waals surface area (Å²) in [5.41, 5.74) is 0.788. The SMILES string of the molecule is O=C(O)OC1CCCN2C(=O)CCC(NC(Cc3ccccc3)C(=O)O)C(=O)N12. The number of carboxylic acids is 1. The van der Waals surface area contributed by atoms with Crippen molar-refractivity contribution in [3.05, 3.63) is 35.9 Å². The van der Waals surface area contributed by atoms with Crippen LogP contribution < -0.4 is 5.32 Å². The number of carboxylic acid groups (broad SMARTS) is 2. The highest BCUT2D eigenvalue weighted by Crippen LogP contribution is 2.25. The Kier molecular flexibility index (Phi) is 6.32. The van der Waals surface area contributed by atoms with Gasteiger partial charge in [0.15, 0.2) is 6.23 Å². The zero-order valence-corrected chi connectivity index (χ0v) is 15.7. The zero-order valence-electron chi connectivity index (χ0n) is 15.7. The van der Waals surface area contributed by atoms with Crippen LogP contribution in [0.3, 0.4) is 0 Å². The van der Waals surface area contributed by atoms with E-state index >= 15 is 0 Å². The number of nitrogens with one attached hydrogen (secondary N) is 1. The van der Waals surface area contributed by atoms with Crippen LogP contribution in [0.2, 0.25) is 0 Å². The maximum Gasteiger partial charge on any atom is 0.507 e. The van der Waals surface area contributed by atoms with Gasteiger partial charge in [0.25, 0.3) is 5.91 Å². The minimum atomic E-state index is -1.54. The van der Waals surface area contributed by atoms with Gasteiger partial charge in [-0.25, -0.2) is 14.8 Å². The molecule has 0 spiro atoms. The van der Waals surface area contributed by atoms with Crippen molar-refractivity contribution >= 4 is 23.9 Å². The molecular weight excluding hydrogens is 382 g/mol. The molecule has 10 heteroatoms. The average molecular weight is 405 g/mol. The molecule has 0 saturated carbocycles. The fraction of sp³-hybridized carbons (Fsp3) is 0.474. The average Bonchev–Trinajstić information content (AvgIpc) is 2.80. The fourth-order valence-corrected chi connectivity index (χ4v) is 3.68. The van der Waals surface area contributed by atoms with Crippen LogP contribution in [-0.4, -0.2) is 69.0 Å². The molecule has 156 valence electrons. The standard InChI is InChI=1S/C19H23N3O7/c23-15-9-8-13(20-14(18(25)26)11-12-5-2-1-3-6-12)17(24)22-16(29-19(27)28)7-4-10-21(15)22/h1-3,5-6,13-14,16,20H,4,7-11H2,(H,25,26)(H,27,28). The van der Waals surface area contributed by atoms with Gasteiger partial charge in [-0.05, 0) is 24.8 Å². The van der Waals surface area contributed by atoms with Crippen LogP contribution in [0.1, 0.15) is 31.2 Å². The molecule has 1 aromatic rings. The van der Waals surface area contributed by atoms with Crippen molar-refractivity contribution < 1.29 is 34.1 Å². The predicted molar refractivity (Wildman–Crippen MR) is 98.4 cm³/mol. The van der Waals surface area contributed by atoms with Crippen LogP contribution >= 0.6 is 0 Å². The van der Waals surface area contributed by atoms with E-state index in [0.717, 1.165) is 10.6 Å². The van der Waals surface area contributed by atoms with Gasteiger partial charge in [-0.1, -0.05) is 30.3 Å². The molecule has 10 nitrogen and oxygen atoms in total. The highest BCUT2D eigenvalue weighted by molar-refractivity contribution is 5.89. The summed E-state index contributed by atoms with van der Waals surface area (Å²) in [5.74, 6) is -2.01. The molecule has 3 atom stereocenters. The highest BCUT2D eigenvalue weighted by atomic mass is 16.7. The number of aliphatic carboxylic acids is 1. The summed E-state index contributed by atoms with van der Waals surface area (Å²) in [6, 6.07) is 6.99. The number of hydrazine groups is 1. The first-order valence-corrected chi connectivity index (χ1v) is 9.42. The lowest BCUT2D eigenvalue weighted by Crippen LogP contribution is -2.61. The number of hydrogen-bond donors (Lipinski definition) is 3. The van der Waals surface area contributed by atoms with Gasteiger partial charge in [-0.2, -0.15) is 0 Å². The summed E-state index contributed by atoms with van der Waals surface area (Å²) in [4.78, 5) is 48.4. The van der Waals surface area contributed by atoms with Gasteiger partial charge in [0, 0.05) is 19.4 Å². The topological polar surface area (TPSA) is 136 Å². The second-order valence-corrected chi connectivity index (χ2v) is 7.02. The van der Waals surface area contributed by atoms with Gasteiger partial charge < -0.3 is 14.9 Å². The quantitative estimate of drug-likeness (QED) is 0.592. The van der Waals surface area contributed by atoms with Crippen LogP contribution in [0.25, 0.3) is 0 Å². The van der Waals surface area contributed by atoms with E-state index in [1.54, 1.807) is 24.3 Å². The normalized spacial score (nSPS) is 23.2. The molecule has 1 aromatic carbocycles. The highest BCUT2D eigenvalue weighted by Gasteiger charge is 2.44. The number of carbonyl (C=O) groups excluding carboxylic acids is 2. The molecule has 2 saturated heterocycles. The van der Waals surface area contributed by atoms with Crippen molar-refractivity contribution in [2.45, 2.75) is 50.4 Å². The summed E-state index contributed by atoms with van der Waals surface area (Å²) < 4.78 is 4.82. The van der Waals surface area contributed by atoms with Crippen LogP contribution in [0.4, 0.5) is 4.79 Å². The number of nitrogens with zero attached hydrogens (tertiary/aromatic N) is 2. The molecule has 29 heavy (non-hydrogen) atoms. The van der Waals surface area contributed by atoms with Gasteiger partial charge in [-0.15, -0.1) is 0 Å². The third-order valence-corrected chi connectivity index (χ3v) is 5.03. The summed E-state index contributed by atoms with van der Waals surface area (Å²) in [6.07, 6.45) is -1.58. The van der Waals surface area contributed by atoms with Crippen molar-refractivity contribution in [1.82, 2.24) is 15.3 Å². The zero-order chi connectivity index (χ0) is 21.0. The number of benzene rings is 1. The molecule has 2 aliphatic heterocycles. The van der Waals surface area contributed by atoms with Gasteiger partial charge in [-0.3, -0.25) is 19.7 Å². The monoisotopic (exact) mass is 405 g/mol. The molecule has 2 aliphatic rings. The maximum absolute atomic E-state index is 13.1. The molecule has 3 rings (SSSR count). The lowest BCUT2D eigenvalue weighted by molar-refractivity contribution is -0.196. The largest absolute Gasteiger partial charge is 0.507 e. The molecule has 0 radical (unpaired) electrons. The van der Waals surface area contributed by atoms with E-state index in [-0.39, 0.29) is 38.1 Å². The Hall–Kier alpha value is -3.14. The van der Waals surface area contributed by atoms with Crippen LogP contribution in [-0.2, 0) is 25.5 Å². The molecular formula is C19H23N3O7. The minimum Gasteiger partial charge on any atom is -0.480 e. The lowest BCUT2D eigenvalue weighted by atomic mass is 10.0. The molecule has 0 bridgehead atoms. The Bertz CT molecular complexity index is 785. The molecule has 3 N–H and O–H groups in total. The van der Waals surface area contributed by atoms with Crippen LogP contribution in [0.15, 0.2) is 30.3 Å². The Morgan fingerprint density at radius 2 is 1.90 bits per heavy atom. The molecule has 3 unspecified atom stereocenters. The minimum absolute atomic E-state index is 0.0391. The summed E-state index contributed by atoms with van der Waals surface area (Å²) in [5, 5.41) is 23.7. The Morgan fingerprint density at radius 3 is 2.55 bits per heavy atom. The van der Waals surface area contributed by atoms with Crippen LogP contribution in [0.5, 0.6) is 0 Å². The van der Waals surface area contributed by atoms with E-state index in [1.165, 1.54) is 5.01 Å². The summed E-state index contributed by atoms with van der Waals surface area (Å²) in [7, 11) is 0. The number of ether oxygens (including phenoxy) is 1. The van der Waals surface area contributed by atoms with E-state index in [0.29, 0.717) is 6.42 Å². The lowest BCUT2D eigenvalue weighted by Gasteiger charge is -2.42. The number of carbonyl (C=O) groups is 4. The van der Waals surface area contributed by atoms with Crippen molar-refractivity contribution in [3.8, 4) is 0 Å².